The van der Waals surface area contributed by atoms with Crippen LogP contribution in [0.3, 0.4) is 0 Å². The molecule has 1 aliphatic rings. The first kappa shape index (κ1) is 22.2. The van der Waals surface area contributed by atoms with Crippen LogP contribution in [0.1, 0.15) is 20.7 Å². The van der Waals surface area contributed by atoms with E-state index in [9.17, 15) is 28.9 Å². The van der Waals surface area contributed by atoms with Crippen molar-refractivity contribution in [1.82, 2.24) is 15.1 Å². The van der Waals surface area contributed by atoms with Gasteiger partial charge >= 0.3 is 0 Å². The molecule has 2 aromatic rings. The summed E-state index contributed by atoms with van der Waals surface area (Å²) in [4.78, 5) is 50.3. The van der Waals surface area contributed by atoms with Crippen molar-refractivity contribution >= 4 is 35.0 Å². The molecular formula is C20H18ClFN4O5. The molecule has 0 radical (unpaired) electrons. The first-order valence-electron chi connectivity index (χ1n) is 9.31. The van der Waals surface area contributed by atoms with Gasteiger partial charge in [-0.2, -0.15) is 0 Å². The maximum atomic E-state index is 13.2. The van der Waals surface area contributed by atoms with Gasteiger partial charge in [0.15, 0.2) is 0 Å². The van der Waals surface area contributed by atoms with Crippen LogP contribution in [0.5, 0.6) is 0 Å². The van der Waals surface area contributed by atoms with E-state index < -0.39 is 16.6 Å². The maximum Gasteiger partial charge on any atom is 0.270 e. The Labute approximate surface area is 181 Å². The number of carbonyl (C=O) groups is 3. The highest BCUT2D eigenvalue weighted by Crippen LogP contribution is 2.20. The lowest BCUT2D eigenvalue weighted by atomic mass is 10.1. The molecule has 3 rings (SSSR count). The van der Waals surface area contributed by atoms with Crippen LogP contribution >= 0.6 is 11.6 Å². The summed E-state index contributed by atoms with van der Waals surface area (Å²) < 4.78 is 13.2. The van der Waals surface area contributed by atoms with Crippen molar-refractivity contribution in [3.8, 4) is 0 Å². The van der Waals surface area contributed by atoms with E-state index in [1.54, 1.807) is 0 Å². The highest BCUT2D eigenvalue weighted by Gasteiger charge is 2.26. The zero-order valence-electron chi connectivity index (χ0n) is 16.2. The van der Waals surface area contributed by atoms with Crippen molar-refractivity contribution in [3.63, 3.8) is 0 Å². The summed E-state index contributed by atoms with van der Waals surface area (Å²) in [5.74, 6) is -1.83. The average molecular weight is 449 g/mol. The van der Waals surface area contributed by atoms with Gasteiger partial charge in [-0.15, -0.1) is 0 Å². The molecule has 1 aliphatic heterocycles. The number of nitrogens with one attached hydrogen (secondary N) is 1. The van der Waals surface area contributed by atoms with Gasteiger partial charge in [0.2, 0.25) is 5.91 Å². The van der Waals surface area contributed by atoms with Gasteiger partial charge in [-0.1, -0.05) is 17.7 Å². The molecule has 31 heavy (non-hydrogen) atoms. The smallest absolute Gasteiger partial charge is 0.270 e. The van der Waals surface area contributed by atoms with Gasteiger partial charge in [0.25, 0.3) is 17.5 Å². The number of amides is 3. The van der Waals surface area contributed by atoms with Crippen molar-refractivity contribution in [2.24, 2.45) is 0 Å². The Kier molecular flexibility index (Phi) is 6.81. The fourth-order valence-electron chi connectivity index (χ4n) is 3.12. The number of nitro benzene ring substituents is 1. The molecule has 0 bridgehead atoms. The number of hydrogen-bond donors (Lipinski definition) is 1. The van der Waals surface area contributed by atoms with Crippen molar-refractivity contribution in [2.45, 2.75) is 0 Å². The summed E-state index contributed by atoms with van der Waals surface area (Å²) in [6.45, 7) is 0.763. The van der Waals surface area contributed by atoms with E-state index in [0.29, 0.717) is 0 Å². The van der Waals surface area contributed by atoms with Crippen LogP contribution in [0.25, 0.3) is 0 Å². The molecule has 0 unspecified atom stereocenters. The van der Waals surface area contributed by atoms with Crippen molar-refractivity contribution < 1.29 is 23.7 Å². The second kappa shape index (κ2) is 9.52. The van der Waals surface area contributed by atoms with E-state index in [0.717, 1.165) is 18.2 Å². The van der Waals surface area contributed by atoms with Gasteiger partial charge in [0.1, 0.15) is 5.82 Å². The molecule has 3 amide bonds. The summed E-state index contributed by atoms with van der Waals surface area (Å²) in [6.07, 6.45) is 0. The predicted octanol–water partition coefficient (Wildman–Crippen LogP) is 2.10. The summed E-state index contributed by atoms with van der Waals surface area (Å²) in [5, 5.41) is 13.3. The van der Waals surface area contributed by atoms with E-state index in [1.165, 1.54) is 34.1 Å². The lowest BCUT2D eigenvalue weighted by Crippen LogP contribution is -2.52. The highest BCUT2D eigenvalue weighted by atomic mass is 35.5. The van der Waals surface area contributed by atoms with Crippen molar-refractivity contribution in [1.29, 1.82) is 0 Å². The van der Waals surface area contributed by atoms with Crippen LogP contribution in [0.4, 0.5) is 10.1 Å². The minimum absolute atomic E-state index is 0.0207. The molecule has 1 saturated heterocycles. The largest absolute Gasteiger partial charge is 0.343 e. The number of benzene rings is 2. The number of nitro groups is 1. The number of non-ortho nitro benzene ring substituents is 1. The Morgan fingerprint density at radius 1 is 1.06 bits per heavy atom. The second-order valence-electron chi connectivity index (χ2n) is 6.79. The molecule has 1 heterocycles. The lowest BCUT2D eigenvalue weighted by molar-refractivity contribution is -0.384. The Hall–Kier alpha value is -3.53. The molecule has 0 spiro atoms. The molecule has 2 aromatic carbocycles. The third-order valence-electron chi connectivity index (χ3n) is 4.80. The summed E-state index contributed by atoms with van der Waals surface area (Å²) in [5.41, 5.74) is 0.0432. The van der Waals surface area contributed by atoms with Gasteiger partial charge in [-0.3, -0.25) is 24.5 Å². The molecule has 9 nitrogen and oxygen atoms in total. The first-order valence-corrected chi connectivity index (χ1v) is 9.69. The van der Waals surface area contributed by atoms with Gasteiger partial charge < -0.3 is 15.1 Å². The molecule has 0 aliphatic carbocycles. The SMILES string of the molecule is O=C(NCC(=O)N1CCN(C(=O)c2ccc(F)cc2Cl)CC1)c1cccc([N+](=O)[O-])c1. The van der Waals surface area contributed by atoms with Crippen LogP contribution in [0.2, 0.25) is 5.02 Å². The normalized spacial score (nSPS) is 13.6. The quantitative estimate of drug-likeness (QED) is 0.556. The number of piperazine rings is 1. The summed E-state index contributed by atoms with van der Waals surface area (Å²) >= 11 is 5.94. The number of hydrogen-bond acceptors (Lipinski definition) is 5. The second-order valence-corrected chi connectivity index (χ2v) is 7.19. The highest BCUT2D eigenvalue weighted by molar-refractivity contribution is 6.33. The fourth-order valence-corrected chi connectivity index (χ4v) is 3.37. The van der Waals surface area contributed by atoms with Gasteiger partial charge in [-0.05, 0) is 24.3 Å². The Bertz CT molecular complexity index is 1040. The Morgan fingerprint density at radius 3 is 2.39 bits per heavy atom. The average Bonchev–Trinajstić information content (AvgIpc) is 2.77. The topological polar surface area (TPSA) is 113 Å². The van der Waals surface area contributed by atoms with Crippen molar-refractivity contribution in [2.75, 3.05) is 32.7 Å². The Morgan fingerprint density at radius 2 is 1.74 bits per heavy atom. The number of halogens is 2. The van der Waals surface area contributed by atoms with Gasteiger partial charge in [0, 0.05) is 43.9 Å². The summed E-state index contributed by atoms with van der Waals surface area (Å²) in [6, 6.07) is 8.74. The zero-order chi connectivity index (χ0) is 22.5. The standard InChI is InChI=1S/C20H18ClFN4O5/c21-17-11-14(22)4-5-16(17)20(29)25-8-6-24(7-9-25)18(27)12-23-19(28)13-2-1-3-15(10-13)26(30)31/h1-5,10-11H,6-9,12H2,(H,23,28). The molecule has 0 saturated carbocycles. The third kappa shape index (κ3) is 5.34. The number of rotatable bonds is 5. The van der Waals surface area contributed by atoms with Crippen LogP contribution in [0.15, 0.2) is 42.5 Å². The number of nitrogens with zero attached hydrogens (tertiary/aromatic N) is 3. The summed E-state index contributed by atoms with van der Waals surface area (Å²) in [7, 11) is 0. The van der Waals surface area contributed by atoms with Gasteiger partial charge in [-0.25, -0.2) is 4.39 Å². The van der Waals surface area contributed by atoms with E-state index >= 15 is 0 Å². The van der Waals surface area contributed by atoms with Crippen LogP contribution in [0, 0.1) is 15.9 Å². The molecule has 1 N–H and O–H groups in total. The first-order chi connectivity index (χ1) is 14.8. The molecular weight excluding hydrogens is 431 g/mol. The molecule has 162 valence electrons. The zero-order valence-corrected chi connectivity index (χ0v) is 17.0. The van der Waals surface area contributed by atoms with E-state index in [4.69, 9.17) is 11.6 Å². The van der Waals surface area contributed by atoms with Crippen LogP contribution < -0.4 is 5.32 Å². The third-order valence-corrected chi connectivity index (χ3v) is 5.11. The fraction of sp³-hybridized carbons (Fsp3) is 0.250. The monoisotopic (exact) mass is 448 g/mol. The van der Waals surface area contributed by atoms with E-state index in [2.05, 4.69) is 5.32 Å². The minimum Gasteiger partial charge on any atom is -0.343 e. The van der Waals surface area contributed by atoms with E-state index in [-0.39, 0.29) is 66.4 Å². The van der Waals surface area contributed by atoms with Crippen LogP contribution in [-0.2, 0) is 4.79 Å². The molecule has 11 heteroatoms. The molecule has 1 fully saturated rings. The number of carbonyl (C=O) groups excluding carboxylic acids is 3. The van der Waals surface area contributed by atoms with Gasteiger partial charge in [0.05, 0.1) is 22.1 Å². The van der Waals surface area contributed by atoms with Crippen LogP contribution in [-0.4, -0.2) is 65.2 Å². The maximum absolute atomic E-state index is 13.2. The minimum atomic E-state index is -0.609. The molecule has 0 atom stereocenters. The lowest BCUT2D eigenvalue weighted by Gasteiger charge is -2.35. The molecule has 0 aromatic heterocycles. The Balaban J connectivity index is 1.51. The predicted molar refractivity (Wildman–Crippen MR) is 109 cm³/mol. The van der Waals surface area contributed by atoms with Crippen molar-refractivity contribution in [3.05, 3.63) is 74.5 Å². The van der Waals surface area contributed by atoms with E-state index in [1.807, 2.05) is 0 Å².